The van der Waals surface area contributed by atoms with Gasteiger partial charge in [0, 0.05) is 11.6 Å². The number of nitrogens with one attached hydrogen (secondary N) is 1. The van der Waals surface area contributed by atoms with Crippen LogP contribution in [0.15, 0.2) is 18.3 Å². The summed E-state index contributed by atoms with van der Waals surface area (Å²) < 4.78 is 1.10. The van der Waals surface area contributed by atoms with Crippen LogP contribution in [0.5, 0.6) is 0 Å². The van der Waals surface area contributed by atoms with Crippen LogP contribution in [-0.2, 0) is 0 Å². The molecule has 0 saturated carbocycles. The molecule has 11 heavy (non-hydrogen) atoms. The number of fused-ring (bicyclic) bond motifs is 1. The molecule has 2 aromatic rings. The fraction of sp³-hybridized carbons (Fsp3) is 0. The Labute approximate surface area is 82.1 Å². The van der Waals surface area contributed by atoms with Gasteiger partial charge in [-0.1, -0.05) is 11.6 Å². The van der Waals surface area contributed by atoms with E-state index in [1.165, 1.54) is 0 Å². The van der Waals surface area contributed by atoms with Crippen molar-refractivity contribution in [2.75, 3.05) is 0 Å². The van der Waals surface area contributed by atoms with Crippen molar-refractivity contribution >= 4 is 45.1 Å². The summed E-state index contributed by atoms with van der Waals surface area (Å²) in [6.45, 7) is 0. The lowest BCUT2D eigenvalue weighted by Crippen LogP contribution is -1.73. The molecule has 0 spiro atoms. The second kappa shape index (κ2) is 2.64. The molecule has 0 saturated heterocycles. The van der Waals surface area contributed by atoms with Gasteiger partial charge in [0.05, 0.1) is 9.22 Å². The van der Waals surface area contributed by atoms with Crippen LogP contribution in [0.3, 0.4) is 0 Å². The van der Waals surface area contributed by atoms with Gasteiger partial charge in [-0.05, 0) is 34.7 Å². The van der Waals surface area contributed by atoms with Gasteiger partial charge in [0.25, 0.3) is 0 Å². The molecule has 2 aromatic heterocycles. The van der Waals surface area contributed by atoms with Crippen molar-refractivity contribution in [3.63, 3.8) is 0 Å². The van der Waals surface area contributed by atoms with Gasteiger partial charge in [0.2, 0.25) is 0 Å². The van der Waals surface area contributed by atoms with Crippen LogP contribution >= 0.6 is 34.2 Å². The van der Waals surface area contributed by atoms with E-state index < -0.39 is 0 Å². The molecule has 1 N–H and O–H groups in total. The molecular weight excluding hydrogens is 274 g/mol. The third kappa shape index (κ3) is 1.35. The van der Waals surface area contributed by atoms with Crippen LogP contribution in [0.4, 0.5) is 0 Å². The quantitative estimate of drug-likeness (QED) is 0.582. The van der Waals surface area contributed by atoms with Crippen LogP contribution in [0, 0.1) is 3.70 Å². The van der Waals surface area contributed by atoms with Gasteiger partial charge in [0.1, 0.15) is 5.15 Å². The van der Waals surface area contributed by atoms with E-state index in [1.807, 2.05) is 12.1 Å². The SMILES string of the molecule is Clc1cc2[nH]c(I)cc2cn1. The normalized spacial score (nSPS) is 10.7. The van der Waals surface area contributed by atoms with Crippen LogP contribution in [0.2, 0.25) is 5.15 Å². The Morgan fingerprint density at radius 1 is 1.45 bits per heavy atom. The topological polar surface area (TPSA) is 28.7 Å². The number of H-pyrrole nitrogens is 1. The highest BCUT2D eigenvalue weighted by Gasteiger charge is 1.98. The number of hydrogen-bond donors (Lipinski definition) is 1. The van der Waals surface area contributed by atoms with Crippen molar-refractivity contribution in [2.24, 2.45) is 0 Å². The molecule has 56 valence electrons. The summed E-state index contributed by atoms with van der Waals surface area (Å²) in [6.07, 6.45) is 1.76. The van der Waals surface area contributed by atoms with E-state index in [4.69, 9.17) is 11.6 Å². The van der Waals surface area contributed by atoms with Crippen LogP contribution < -0.4 is 0 Å². The van der Waals surface area contributed by atoms with Crippen molar-refractivity contribution in [1.82, 2.24) is 9.97 Å². The number of pyridine rings is 1. The number of hydrogen-bond acceptors (Lipinski definition) is 1. The zero-order valence-electron chi connectivity index (χ0n) is 5.44. The minimum absolute atomic E-state index is 0.524. The molecule has 0 fully saturated rings. The molecule has 0 bridgehead atoms. The average Bonchev–Trinajstić information content (AvgIpc) is 2.27. The van der Waals surface area contributed by atoms with E-state index in [0.717, 1.165) is 14.6 Å². The van der Waals surface area contributed by atoms with Gasteiger partial charge >= 0.3 is 0 Å². The zero-order chi connectivity index (χ0) is 7.84. The van der Waals surface area contributed by atoms with Gasteiger partial charge < -0.3 is 4.98 Å². The summed E-state index contributed by atoms with van der Waals surface area (Å²) >= 11 is 7.91. The van der Waals surface area contributed by atoms with Crippen molar-refractivity contribution in [2.45, 2.75) is 0 Å². The minimum atomic E-state index is 0.524. The number of aromatic amines is 1. The first-order valence-electron chi connectivity index (χ1n) is 3.05. The predicted molar refractivity (Wildman–Crippen MR) is 53.8 cm³/mol. The Morgan fingerprint density at radius 3 is 3.09 bits per heavy atom. The number of halogens is 2. The first-order chi connectivity index (χ1) is 5.25. The summed E-state index contributed by atoms with van der Waals surface area (Å²) in [4.78, 5) is 7.12. The second-order valence-electron chi connectivity index (χ2n) is 2.21. The molecule has 0 unspecified atom stereocenters. The third-order valence-corrected chi connectivity index (χ3v) is 2.23. The summed E-state index contributed by atoms with van der Waals surface area (Å²) in [7, 11) is 0. The molecule has 0 atom stereocenters. The van der Waals surface area contributed by atoms with E-state index in [2.05, 4.69) is 32.6 Å². The van der Waals surface area contributed by atoms with Gasteiger partial charge in [-0.15, -0.1) is 0 Å². The standard InChI is InChI=1S/C7H4ClIN2/c8-6-2-5-4(3-10-6)1-7(9)11-5/h1-3,11H. The number of rotatable bonds is 0. The Hall–Kier alpha value is -0.290. The highest BCUT2D eigenvalue weighted by molar-refractivity contribution is 14.1. The second-order valence-corrected chi connectivity index (χ2v) is 3.76. The van der Waals surface area contributed by atoms with Crippen LogP contribution in [0.25, 0.3) is 10.9 Å². The van der Waals surface area contributed by atoms with Crippen molar-refractivity contribution in [3.05, 3.63) is 27.2 Å². The Kier molecular flexibility index (Phi) is 1.77. The zero-order valence-corrected chi connectivity index (χ0v) is 8.35. The molecule has 0 aliphatic heterocycles. The Balaban J connectivity index is 2.82. The Bertz CT molecular complexity index is 396. The summed E-state index contributed by atoms with van der Waals surface area (Å²) in [5.74, 6) is 0. The highest BCUT2D eigenvalue weighted by Crippen LogP contribution is 2.18. The van der Waals surface area contributed by atoms with E-state index in [1.54, 1.807) is 6.20 Å². The minimum Gasteiger partial charge on any atom is -0.350 e. The largest absolute Gasteiger partial charge is 0.350 e. The van der Waals surface area contributed by atoms with Crippen molar-refractivity contribution in [1.29, 1.82) is 0 Å². The lowest BCUT2D eigenvalue weighted by Gasteiger charge is -1.87. The summed E-state index contributed by atoms with van der Waals surface area (Å²) in [5.41, 5.74) is 1.04. The monoisotopic (exact) mass is 278 g/mol. The maximum atomic E-state index is 5.69. The lowest BCUT2D eigenvalue weighted by atomic mass is 10.3. The number of aromatic nitrogens is 2. The van der Waals surface area contributed by atoms with Gasteiger partial charge in [-0.3, -0.25) is 0 Å². The molecule has 0 aliphatic rings. The fourth-order valence-corrected chi connectivity index (χ4v) is 1.75. The maximum absolute atomic E-state index is 5.69. The van der Waals surface area contributed by atoms with E-state index in [9.17, 15) is 0 Å². The highest BCUT2D eigenvalue weighted by atomic mass is 127. The van der Waals surface area contributed by atoms with Gasteiger partial charge in [-0.2, -0.15) is 0 Å². The molecule has 2 heterocycles. The number of nitrogens with zero attached hydrogens (tertiary/aromatic N) is 1. The Morgan fingerprint density at radius 2 is 2.27 bits per heavy atom. The van der Waals surface area contributed by atoms with E-state index in [-0.39, 0.29) is 0 Å². The molecule has 2 rings (SSSR count). The van der Waals surface area contributed by atoms with Gasteiger partial charge in [0.15, 0.2) is 0 Å². The molecule has 0 amide bonds. The fourth-order valence-electron chi connectivity index (χ4n) is 0.965. The van der Waals surface area contributed by atoms with Gasteiger partial charge in [-0.25, -0.2) is 4.98 Å². The molecule has 0 radical (unpaired) electrons. The molecule has 0 aromatic carbocycles. The van der Waals surface area contributed by atoms with E-state index in [0.29, 0.717) is 5.15 Å². The average molecular weight is 278 g/mol. The van der Waals surface area contributed by atoms with Crippen LogP contribution in [-0.4, -0.2) is 9.97 Å². The molecular formula is C7H4ClIN2. The summed E-state index contributed by atoms with van der Waals surface area (Å²) in [6, 6.07) is 3.85. The lowest BCUT2D eigenvalue weighted by molar-refractivity contribution is 1.35. The molecule has 2 nitrogen and oxygen atoms in total. The molecule has 4 heteroatoms. The van der Waals surface area contributed by atoms with E-state index >= 15 is 0 Å². The summed E-state index contributed by atoms with van der Waals surface area (Å²) in [5, 5.41) is 1.62. The smallest absolute Gasteiger partial charge is 0.131 e. The maximum Gasteiger partial charge on any atom is 0.131 e. The predicted octanol–water partition coefficient (Wildman–Crippen LogP) is 2.82. The van der Waals surface area contributed by atoms with Crippen LogP contribution in [0.1, 0.15) is 0 Å². The van der Waals surface area contributed by atoms with Crippen molar-refractivity contribution in [3.8, 4) is 0 Å². The van der Waals surface area contributed by atoms with Crippen molar-refractivity contribution < 1.29 is 0 Å². The first kappa shape index (κ1) is 7.36. The molecule has 0 aliphatic carbocycles. The first-order valence-corrected chi connectivity index (χ1v) is 4.51. The third-order valence-electron chi connectivity index (χ3n) is 1.44.